The zero-order valence-electron chi connectivity index (χ0n) is 20.4. The molecule has 0 aromatic heterocycles. The zero-order valence-corrected chi connectivity index (χ0v) is 20.4. The lowest BCUT2D eigenvalue weighted by Crippen LogP contribution is -2.63. The third-order valence-electron chi connectivity index (χ3n) is 7.08. The molecule has 5 N–H and O–H groups in total. The molecule has 0 aromatic carbocycles. The fourth-order valence-corrected chi connectivity index (χ4v) is 4.96. The van der Waals surface area contributed by atoms with Crippen molar-refractivity contribution in [3.63, 3.8) is 0 Å². The molecule has 35 heavy (non-hydrogen) atoms. The number of guanidine groups is 1. The van der Waals surface area contributed by atoms with E-state index in [1.165, 1.54) is 12.8 Å². The molecule has 3 rings (SSSR count). The van der Waals surface area contributed by atoms with Crippen molar-refractivity contribution in [2.75, 3.05) is 19.8 Å². The molecule has 1 aliphatic heterocycles. The summed E-state index contributed by atoms with van der Waals surface area (Å²) in [7, 11) is 0. The summed E-state index contributed by atoms with van der Waals surface area (Å²) in [6.45, 7) is 0.878. The Labute approximate surface area is 206 Å². The molecular weight excluding hydrogens is 454 g/mol. The van der Waals surface area contributed by atoms with Crippen molar-refractivity contribution in [2.45, 2.75) is 83.1 Å². The first-order valence-corrected chi connectivity index (χ1v) is 12.9. The van der Waals surface area contributed by atoms with Gasteiger partial charge in [-0.1, -0.05) is 38.5 Å². The number of primary amides is 1. The van der Waals surface area contributed by atoms with Crippen LogP contribution in [0.3, 0.4) is 0 Å². The van der Waals surface area contributed by atoms with Crippen LogP contribution in [-0.4, -0.2) is 55.8 Å². The molecule has 0 aromatic rings. The Morgan fingerprint density at radius 1 is 0.886 bits per heavy atom. The van der Waals surface area contributed by atoms with Crippen LogP contribution in [0.25, 0.3) is 0 Å². The first-order chi connectivity index (χ1) is 16.9. The van der Waals surface area contributed by atoms with Crippen molar-refractivity contribution in [2.24, 2.45) is 28.5 Å². The molecule has 4 amide bonds. The number of nitrogens with zero attached hydrogens (tertiary/aromatic N) is 1. The van der Waals surface area contributed by atoms with Gasteiger partial charge in [0.15, 0.2) is 0 Å². The predicted octanol–water partition coefficient (Wildman–Crippen LogP) is 2.34. The van der Waals surface area contributed by atoms with Crippen molar-refractivity contribution in [1.29, 1.82) is 0 Å². The van der Waals surface area contributed by atoms with Crippen LogP contribution < -0.4 is 21.7 Å². The molecule has 11 heteroatoms. The van der Waals surface area contributed by atoms with E-state index < -0.39 is 30.1 Å². The molecule has 196 valence electrons. The second kappa shape index (κ2) is 13.9. The molecular formula is C24H39N5O6. The van der Waals surface area contributed by atoms with Gasteiger partial charge in [-0.3, -0.25) is 25.2 Å². The maximum Gasteiger partial charge on any atom is 0.413 e. The molecule has 0 unspecified atom stereocenters. The minimum absolute atomic E-state index is 0.0585. The van der Waals surface area contributed by atoms with Crippen LogP contribution in [0.5, 0.6) is 0 Å². The van der Waals surface area contributed by atoms with Gasteiger partial charge < -0.3 is 20.5 Å². The summed E-state index contributed by atoms with van der Waals surface area (Å²) in [5.41, 5.74) is 5.27. The second-order valence-electron chi connectivity index (χ2n) is 9.82. The summed E-state index contributed by atoms with van der Waals surface area (Å²) in [6.07, 6.45) is 10.7. The smallest absolute Gasteiger partial charge is 0.413 e. The van der Waals surface area contributed by atoms with E-state index in [2.05, 4.69) is 20.9 Å². The van der Waals surface area contributed by atoms with Gasteiger partial charge in [-0.15, -0.1) is 0 Å². The number of aliphatic imine (C=N–C) groups is 1. The van der Waals surface area contributed by atoms with Gasteiger partial charge >= 0.3 is 12.2 Å². The average Bonchev–Trinajstić information content (AvgIpc) is 2.85. The molecule has 11 nitrogen and oxygen atoms in total. The van der Waals surface area contributed by atoms with E-state index >= 15 is 0 Å². The first kappa shape index (κ1) is 26.7. The molecule has 1 saturated heterocycles. The first-order valence-electron chi connectivity index (χ1n) is 12.9. The molecule has 0 spiro atoms. The molecule has 0 radical (unpaired) electrons. The Hall–Kier alpha value is -2.85. The van der Waals surface area contributed by atoms with E-state index in [0.29, 0.717) is 37.9 Å². The van der Waals surface area contributed by atoms with Crippen molar-refractivity contribution < 1.29 is 28.7 Å². The maximum absolute atomic E-state index is 12.3. The van der Waals surface area contributed by atoms with Crippen molar-refractivity contribution in [3.05, 3.63) is 0 Å². The van der Waals surface area contributed by atoms with E-state index in [9.17, 15) is 19.2 Å². The van der Waals surface area contributed by atoms with Gasteiger partial charge in [0.05, 0.1) is 19.1 Å². The van der Waals surface area contributed by atoms with Crippen LogP contribution in [0.4, 0.5) is 9.59 Å². The van der Waals surface area contributed by atoms with Crippen LogP contribution >= 0.6 is 0 Å². The lowest BCUT2D eigenvalue weighted by molar-refractivity contribution is -0.142. The number of amides is 4. The van der Waals surface area contributed by atoms with E-state index in [4.69, 9.17) is 15.2 Å². The maximum atomic E-state index is 12.3. The van der Waals surface area contributed by atoms with E-state index in [0.717, 1.165) is 51.4 Å². The monoisotopic (exact) mass is 493 g/mol. The minimum Gasteiger partial charge on any atom is -0.449 e. The van der Waals surface area contributed by atoms with Crippen LogP contribution in [0, 0.1) is 17.8 Å². The lowest BCUT2D eigenvalue weighted by atomic mass is 9.86. The second-order valence-corrected chi connectivity index (χ2v) is 9.82. The Kier molecular flexibility index (Phi) is 10.6. The van der Waals surface area contributed by atoms with Gasteiger partial charge in [-0.2, -0.15) is 0 Å². The lowest BCUT2D eigenvalue weighted by Gasteiger charge is -2.34. The Morgan fingerprint density at radius 3 is 1.86 bits per heavy atom. The molecule has 3 aliphatic rings. The minimum atomic E-state index is -0.686. The Bertz CT molecular complexity index is 738. The van der Waals surface area contributed by atoms with Gasteiger partial charge in [0, 0.05) is 6.54 Å². The number of nitrogens with one attached hydrogen (secondary N) is 3. The quantitative estimate of drug-likeness (QED) is 0.167. The van der Waals surface area contributed by atoms with Crippen LogP contribution in [0.2, 0.25) is 0 Å². The number of carbonyl (C=O) groups excluding carboxylic acids is 4. The number of carbonyl (C=O) groups is 4. The van der Waals surface area contributed by atoms with Crippen LogP contribution in [0.1, 0.15) is 77.0 Å². The fraction of sp³-hybridized carbons (Fsp3) is 0.792. The predicted molar refractivity (Wildman–Crippen MR) is 128 cm³/mol. The van der Waals surface area contributed by atoms with Gasteiger partial charge in [0.2, 0.25) is 17.8 Å². The molecule has 3 fully saturated rings. The Balaban J connectivity index is 1.47. The van der Waals surface area contributed by atoms with Gasteiger partial charge in [0.25, 0.3) is 0 Å². The van der Waals surface area contributed by atoms with Crippen molar-refractivity contribution in [1.82, 2.24) is 16.0 Å². The van der Waals surface area contributed by atoms with Crippen LogP contribution in [0.15, 0.2) is 4.99 Å². The van der Waals surface area contributed by atoms with E-state index in [1.54, 1.807) is 0 Å². The van der Waals surface area contributed by atoms with Gasteiger partial charge in [-0.25, -0.2) is 9.59 Å². The number of nitrogens with two attached hydrogens (primary N) is 1. The summed E-state index contributed by atoms with van der Waals surface area (Å²) >= 11 is 0. The number of alkyl carbamates (subject to hydrolysis) is 2. The van der Waals surface area contributed by atoms with E-state index in [-0.39, 0.29) is 18.4 Å². The summed E-state index contributed by atoms with van der Waals surface area (Å²) in [4.78, 5) is 51.9. The zero-order chi connectivity index (χ0) is 25.0. The number of β-lactam (4-membered cyclic amide) rings is 1. The third-order valence-corrected chi connectivity index (χ3v) is 7.08. The highest BCUT2D eigenvalue weighted by atomic mass is 16.6. The topological polar surface area (TPSA) is 161 Å². The highest BCUT2D eigenvalue weighted by Crippen LogP contribution is 2.24. The molecule has 0 bridgehead atoms. The summed E-state index contributed by atoms with van der Waals surface area (Å²) in [6, 6.07) is -0.660. The largest absolute Gasteiger partial charge is 0.449 e. The van der Waals surface area contributed by atoms with Gasteiger partial charge in [-0.05, 0) is 50.4 Å². The van der Waals surface area contributed by atoms with Crippen molar-refractivity contribution in [3.8, 4) is 0 Å². The van der Waals surface area contributed by atoms with Crippen LogP contribution in [-0.2, 0) is 19.1 Å². The Morgan fingerprint density at radius 2 is 1.40 bits per heavy atom. The van der Waals surface area contributed by atoms with Crippen molar-refractivity contribution >= 4 is 30.0 Å². The molecule has 2 atom stereocenters. The fourth-order valence-electron chi connectivity index (χ4n) is 4.96. The molecule has 2 aliphatic carbocycles. The molecule has 2 saturated carbocycles. The number of rotatable bonds is 9. The summed E-state index contributed by atoms with van der Waals surface area (Å²) < 4.78 is 10.7. The highest BCUT2D eigenvalue weighted by molar-refractivity contribution is 6.01. The molecule has 1 heterocycles. The summed E-state index contributed by atoms with van der Waals surface area (Å²) in [5, 5.41) is 7.48. The average molecular weight is 494 g/mol. The number of hydrogen-bond donors (Lipinski definition) is 4. The SMILES string of the molecule is NC(=O)[C@H]1NC(=O)[C@@H]1CCCN=C(NC(=O)OCC1CCCCC1)NC(=O)OCC1CCCCC1. The number of ether oxygens (including phenoxy) is 2. The highest BCUT2D eigenvalue weighted by Gasteiger charge is 2.42. The van der Waals surface area contributed by atoms with Gasteiger partial charge in [0.1, 0.15) is 6.04 Å². The standard InChI is InChI=1S/C24H39N5O6/c25-20(30)19-18(21(31)27-19)12-7-13-26-22(28-23(32)34-14-16-8-3-1-4-9-16)29-24(33)35-15-17-10-5-2-6-11-17/h16-19H,1-15H2,(H2,25,30)(H,27,31)(H2,26,28,29,32,33)/t18-,19+/m1/s1. The normalized spacial score (nSPS) is 22.8. The summed E-state index contributed by atoms with van der Waals surface area (Å²) in [5.74, 6) is -0.606. The third kappa shape index (κ3) is 9.03. The number of hydrogen-bond acceptors (Lipinski definition) is 7. The van der Waals surface area contributed by atoms with E-state index in [1.807, 2.05) is 0 Å².